The fraction of sp³-hybridized carbons (Fsp3) is 0.673. The molecule has 0 bridgehead atoms. The summed E-state index contributed by atoms with van der Waals surface area (Å²) in [6, 6.07) is 0. The normalized spacial score (nSPS) is 14.0. The monoisotopic (exact) mass is 846 g/mol. The van der Waals surface area contributed by atoms with Gasteiger partial charge in [0.15, 0.2) is 6.10 Å². The van der Waals surface area contributed by atoms with Crippen LogP contribution in [0.5, 0.6) is 0 Å². The standard InChI is InChI=1S/C49H84NO8P/c1-3-5-7-9-11-13-15-17-19-21-22-23-24-26-27-29-31-33-35-37-39-41-48(51)55-45-47(46-57-59(53,54)56-44-43-50)58-49(52)42-40-38-36-34-32-30-28-25-20-18-16-14-12-10-8-6-4-2/h12,14,18-21,23-24,27-30,33,35,47H,3-11,13,15-17,22,25-26,31-32,34,36-46,50H2,1-2H3,(H,53,54)/b14-12+,20-18+,21-19+,24-23+,29-27+,30-28+,35-33+/t47-/m1/s1. The maximum absolute atomic E-state index is 12.6. The minimum atomic E-state index is -4.40. The van der Waals surface area contributed by atoms with Crippen molar-refractivity contribution in [2.24, 2.45) is 5.73 Å². The Morgan fingerprint density at radius 2 is 0.898 bits per heavy atom. The molecule has 0 amide bonds. The van der Waals surface area contributed by atoms with Crippen LogP contribution in [0.1, 0.15) is 181 Å². The second kappa shape index (κ2) is 44.7. The van der Waals surface area contributed by atoms with Gasteiger partial charge in [0.2, 0.25) is 0 Å². The van der Waals surface area contributed by atoms with E-state index in [-0.39, 0.29) is 32.6 Å². The van der Waals surface area contributed by atoms with E-state index in [2.05, 4.69) is 92.8 Å². The number of esters is 2. The van der Waals surface area contributed by atoms with Crippen molar-refractivity contribution in [1.82, 2.24) is 0 Å². The third-order valence-corrected chi connectivity index (χ3v) is 10.2. The highest BCUT2D eigenvalue weighted by Gasteiger charge is 2.26. The summed E-state index contributed by atoms with van der Waals surface area (Å²) in [6.45, 7) is 3.60. The lowest BCUT2D eigenvalue weighted by molar-refractivity contribution is -0.161. The molecule has 0 fully saturated rings. The quantitative estimate of drug-likeness (QED) is 0.0266. The molecule has 0 heterocycles. The molecular weight excluding hydrogens is 762 g/mol. The second-order valence-corrected chi connectivity index (χ2v) is 16.4. The van der Waals surface area contributed by atoms with Crippen LogP contribution >= 0.6 is 7.82 Å². The van der Waals surface area contributed by atoms with Gasteiger partial charge in [0, 0.05) is 19.4 Å². The number of unbranched alkanes of at least 4 members (excludes halogenated alkanes) is 15. The molecule has 0 aliphatic rings. The number of phosphoric ester groups is 1. The first kappa shape index (κ1) is 56.2. The lowest BCUT2D eigenvalue weighted by Crippen LogP contribution is -2.29. The lowest BCUT2D eigenvalue weighted by Gasteiger charge is -2.19. The van der Waals surface area contributed by atoms with Crippen LogP contribution in [0.2, 0.25) is 0 Å². The van der Waals surface area contributed by atoms with Crippen molar-refractivity contribution >= 4 is 19.8 Å². The molecule has 338 valence electrons. The molecule has 0 aromatic heterocycles. The van der Waals surface area contributed by atoms with Crippen LogP contribution < -0.4 is 5.73 Å². The Kier molecular flexibility index (Phi) is 42.6. The predicted molar refractivity (Wildman–Crippen MR) is 247 cm³/mol. The molecule has 2 atom stereocenters. The van der Waals surface area contributed by atoms with Gasteiger partial charge in [-0.25, -0.2) is 4.57 Å². The Morgan fingerprint density at radius 3 is 1.39 bits per heavy atom. The van der Waals surface area contributed by atoms with Gasteiger partial charge in [0.05, 0.1) is 13.2 Å². The van der Waals surface area contributed by atoms with E-state index in [0.717, 1.165) is 64.2 Å². The van der Waals surface area contributed by atoms with Gasteiger partial charge >= 0.3 is 19.8 Å². The Morgan fingerprint density at radius 1 is 0.508 bits per heavy atom. The van der Waals surface area contributed by atoms with E-state index >= 15 is 0 Å². The van der Waals surface area contributed by atoms with E-state index in [1.54, 1.807) is 0 Å². The summed E-state index contributed by atoms with van der Waals surface area (Å²) in [5, 5.41) is 0. The molecule has 1 unspecified atom stereocenters. The van der Waals surface area contributed by atoms with E-state index in [4.69, 9.17) is 24.3 Å². The summed E-state index contributed by atoms with van der Waals surface area (Å²) in [7, 11) is -4.40. The molecule has 0 aromatic carbocycles. The largest absolute Gasteiger partial charge is 0.472 e. The summed E-state index contributed by atoms with van der Waals surface area (Å²) in [5.74, 6) is -0.926. The van der Waals surface area contributed by atoms with Crippen molar-refractivity contribution in [3.8, 4) is 0 Å². The first-order valence-corrected chi connectivity index (χ1v) is 24.6. The van der Waals surface area contributed by atoms with Gasteiger partial charge in [-0.3, -0.25) is 18.6 Å². The molecule has 9 nitrogen and oxygen atoms in total. The third kappa shape index (κ3) is 44.6. The average molecular weight is 846 g/mol. The molecule has 10 heteroatoms. The van der Waals surface area contributed by atoms with Gasteiger partial charge in [0.25, 0.3) is 0 Å². The maximum Gasteiger partial charge on any atom is 0.472 e. The van der Waals surface area contributed by atoms with Gasteiger partial charge < -0.3 is 20.1 Å². The highest BCUT2D eigenvalue weighted by atomic mass is 31.2. The van der Waals surface area contributed by atoms with Gasteiger partial charge in [0.1, 0.15) is 6.61 Å². The third-order valence-electron chi connectivity index (χ3n) is 9.25. The van der Waals surface area contributed by atoms with Crippen LogP contribution in [0.3, 0.4) is 0 Å². The second-order valence-electron chi connectivity index (χ2n) is 14.9. The van der Waals surface area contributed by atoms with Crippen molar-refractivity contribution < 1.29 is 37.6 Å². The highest BCUT2D eigenvalue weighted by molar-refractivity contribution is 7.47. The Hall–Kier alpha value is -2.81. The number of carbonyl (C=O) groups is 2. The Labute approximate surface area is 360 Å². The summed E-state index contributed by atoms with van der Waals surface area (Å²) < 4.78 is 32.7. The number of carbonyl (C=O) groups excluding carboxylic acids is 2. The number of hydrogen-bond acceptors (Lipinski definition) is 8. The van der Waals surface area contributed by atoms with Gasteiger partial charge in [-0.2, -0.15) is 0 Å². The first-order chi connectivity index (χ1) is 28.8. The van der Waals surface area contributed by atoms with Crippen LogP contribution in [0.4, 0.5) is 0 Å². The lowest BCUT2D eigenvalue weighted by atomic mass is 10.1. The smallest absolute Gasteiger partial charge is 0.462 e. The summed E-state index contributed by atoms with van der Waals surface area (Å²) in [4.78, 5) is 34.9. The number of rotatable bonds is 42. The minimum Gasteiger partial charge on any atom is -0.462 e. The Balaban J connectivity index is 4.28. The number of ether oxygens (including phenoxy) is 2. The van der Waals surface area contributed by atoms with E-state index in [0.29, 0.717) is 12.8 Å². The summed E-state index contributed by atoms with van der Waals surface area (Å²) >= 11 is 0. The van der Waals surface area contributed by atoms with Crippen LogP contribution in [-0.2, 0) is 32.7 Å². The molecule has 0 aliphatic heterocycles. The van der Waals surface area contributed by atoms with Crippen LogP contribution in [0.15, 0.2) is 85.1 Å². The summed E-state index contributed by atoms with van der Waals surface area (Å²) in [6.07, 6.45) is 56.2. The van der Waals surface area contributed by atoms with E-state index < -0.39 is 32.5 Å². The minimum absolute atomic E-state index is 0.0378. The molecular formula is C49H84NO8P. The van der Waals surface area contributed by atoms with E-state index in [1.807, 2.05) is 6.08 Å². The molecule has 0 rings (SSSR count). The molecule has 59 heavy (non-hydrogen) atoms. The van der Waals surface area contributed by atoms with Crippen molar-refractivity contribution in [3.05, 3.63) is 85.1 Å². The fourth-order valence-corrected chi connectivity index (χ4v) is 6.57. The van der Waals surface area contributed by atoms with E-state index in [9.17, 15) is 19.0 Å². The molecule has 0 spiro atoms. The topological polar surface area (TPSA) is 134 Å². The van der Waals surface area contributed by atoms with Crippen LogP contribution in [0.25, 0.3) is 0 Å². The predicted octanol–water partition coefficient (Wildman–Crippen LogP) is 13.6. The number of nitrogens with two attached hydrogens (primary N) is 1. The average Bonchev–Trinajstić information content (AvgIpc) is 3.22. The highest BCUT2D eigenvalue weighted by Crippen LogP contribution is 2.43. The SMILES string of the molecule is CCCCC/C=C/C/C=C/C/C=C/CCCCCCC(=O)O[C@H](COC(=O)CCC/C=C/C/C=C/C/C=C/C/C=C/CCCCCCCCC)COP(=O)(O)OCCN. The van der Waals surface area contributed by atoms with Crippen molar-refractivity contribution in [1.29, 1.82) is 0 Å². The van der Waals surface area contributed by atoms with Crippen LogP contribution in [0, 0.1) is 0 Å². The molecule has 0 saturated carbocycles. The zero-order valence-electron chi connectivity index (χ0n) is 37.2. The van der Waals surface area contributed by atoms with Gasteiger partial charge in [-0.05, 0) is 89.9 Å². The zero-order chi connectivity index (χ0) is 43.2. The number of allylic oxidation sites excluding steroid dienone is 14. The first-order valence-electron chi connectivity index (χ1n) is 23.1. The fourth-order valence-electron chi connectivity index (χ4n) is 5.81. The van der Waals surface area contributed by atoms with Crippen molar-refractivity contribution in [3.63, 3.8) is 0 Å². The molecule has 3 N–H and O–H groups in total. The Bertz CT molecular complexity index is 1240. The molecule has 0 aliphatic carbocycles. The number of hydrogen-bond donors (Lipinski definition) is 2. The zero-order valence-corrected chi connectivity index (χ0v) is 38.1. The molecule has 0 aromatic rings. The number of phosphoric acid groups is 1. The van der Waals surface area contributed by atoms with Gasteiger partial charge in [-0.1, -0.05) is 163 Å². The van der Waals surface area contributed by atoms with Crippen molar-refractivity contribution in [2.75, 3.05) is 26.4 Å². The van der Waals surface area contributed by atoms with E-state index in [1.165, 1.54) is 77.0 Å². The molecule has 0 radical (unpaired) electrons. The van der Waals surface area contributed by atoms with Crippen LogP contribution in [-0.4, -0.2) is 49.3 Å². The van der Waals surface area contributed by atoms with Crippen molar-refractivity contribution in [2.45, 2.75) is 187 Å². The van der Waals surface area contributed by atoms with Gasteiger partial charge in [-0.15, -0.1) is 0 Å². The molecule has 0 saturated heterocycles. The maximum atomic E-state index is 12.6. The summed E-state index contributed by atoms with van der Waals surface area (Å²) in [5.41, 5.74) is 5.35.